The normalized spacial score (nSPS) is 12.3. The predicted octanol–water partition coefficient (Wildman–Crippen LogP) is 5.54. The van der Waals surface area contributed by atoms with Crippen LogP contribution in [0.15, 0.2) is 42.5 Å². The van der Waals surface area contributed by atoms with Crippen molar-refractivity contribution in [2.45, 2.75) is 53.1 Å². The molecule has 2 aromatic rings. The Morgan fingerprint density at radius 1 is 1.03 bits per heavy atom. The second-order valence-electron chi connectivity index (χ2n) is 8.76. The third-order valence-electron chi connectivity index (χ3n) is 4.84. The molecule has 0 saturated heterocycles. The molecule has 0 spiro atoms. The van der Waals surface area contributed by atoms with Crippen LogP contribution in [-0.2, 0) is 4.79 Å². The summed E-state index contributed by atoms with van der Waals surface area (Å²) < 4.78 is 11.2. The van der Waals surface area contributed by atoms with Crippen LogP contribution in [0, 0.1) is 12.8 Å². The predicted molar refractivity (Wildman–Crippen MR) is 121 cm³/mol. The van der Waals surface area contributed by atoms with Crippen LogP contribution >= 0.6 is 0 Å². The van der Waals surface area contributed by atoms with Crippen LogP contribution < -0.4 is 14.8 Å². The van der Waals surface area contributed by atoms with Crippen LogP contribution in [0.3, 0.4) is 0 Å². The van der Waals surface area contributed by atoms with Crippen molar-refractivity contribution in [3.05, 3.63) is 48.0 Å². The topological polar surface area (TPSA) is 88.1 Å². The van der Waals surface area contributed by atoms with Crippen molar-refractivity contribution < 1.29 is 24.2 Å². The molecule has 1 atom stereocenters. The monoisotopic (exact) mass is 428 g/mol. The highest BCUT2D eigenvalue weighted by Gasteiger charge is 2.39. The minimum absolute atomic E-state index is 0.200. The summed E-state index contributed by atoms with van der Waals surface area (Å²) in [5, 5.41) is 12.5. The maximum absolute atomic E-state index is 13.0. The third kappa shape index (κ3) is 6.13. The van der Waals surface area contributed by atoms with E-state index in [4.69, 9.17) is 9.47 Å². The number of aryl methyl sites for hydroxylation is 1. The van der Waals surface area contributed by atoms with Crippen molar-refractivity contribution in [2.75, 3.05) is 12.4 Å². The first-order chi connectivity index (χ1) is 14.4. The van der Waals surface area contributed by atoms with E-state index < -0.39 is 17.7 Å². The number of carbonyl (C=O) groups excluding carboxylic acids is 1. The summed E-state index contributed by atoms with van der Waals surface area (Å²) in [7, 11) is 1.61. The molecule has 2 amide bonds. The molecule has 0 aliphatic carbocycles. The minimum Gasteiger partial charge on any atom is -0.496 e. The van der Waals surface area contributed by atoms with Crippen molar-refractivity contribution in [3.8, 4) is 17.2 Å². The molecule has 0 bridgehead atoms. The smallest absolute Gasteiger partial charge is 0.408 e. The zero-order chi connectivity index (χ0) is 23.3. The Morgan fingerprint density at radius 3 is 2.10 bits per heavy atom. The van der Waals surface area contributed by atoms with Gasteiger partial charge in [0, 0.05) is 17.3 Å². The van der Waals surface area contributed by atoms with Crippen LogP contribution in [0.4, 0.5) is 10.5 Å². The van der Waals surface area contributed by atoms with Crippen molar-refractivity contribution in [1.29, 1.82) is 0 Å². The number of nitrogens with zero attached hydrogens (tertiary/aromatic N) is 1. The number of ether oxygens (including phenoxy) is 2. The Labute approximate surface area is 184 Å². The molecule has 2 rings (SSSR count). The van der Waals surface area contributed by atoms with Gasteiger partial charge in [-0.15, -0.1) is 0 Å². The first kappa shape index (κ1) is 24.1. The number of benzene rings is 2. The van der Waals surface area contributed by atoms with Crippen molar-refractivity contribution in [2.24, 2.45) is 5.92 Å². The van der Waals surface area contributed by atoms with E-state index in [1.165, 1.54) is 4.90 Å². The molecule has 0 fully saturated rings. The van der Waals surface area contributed by atoms with Gasteiger partial charge in [-0.2, -0.15) is 0 Å². The van der Waals surface area contributed by atoms with Crippen LogP contribution in [0.1, 0.15) is 40.2 Å². The van der Waals surface area contributed by atoms with Crippen LogP contribution in [0.25, 0.3) is 0 Å². The number of hydrogen-bond acceptors (Lipinski definition) is 4. The first-order valence-corrected chi connectivity index (χ1v) is 10.2. The van der Waals surface area contributed by atoms with Gasteiger partial charge in [0.1, 0.15) is 23.3 Å². The van der Waals surface area contributed by atoms with E-state index in [0.717, 1.165) is 11.3 Å². The zero-order valence-corrected chi connectivity index (χ0v) is 19.2. The van der Waals surface area contributed by atoms with Gasteiger partial charge in [-0.1, -0.05) is 19.9 Å². The average molecular weight is 429 g/mol. The number of nitrogens with one attached hydrogen (secondary N) is 1. The summed E-state index contributed by atoms with van der Waals surface area (Å²) >= 11 is 0. The molecule has 0 aliphatic rings. The number of hydrogen-bond donors (Lipinski definition) is 2. The summed E-state index contributed by atoms with van der Waals surface area (Å²) in [5.41, 5.74) is 0.854. The van der Waals surface area contributed by atoms with Gasteiger partial charge in [-0.3, -0.25) is 9.69 Å². The zero-order valence-electron chi connectivity index (χ0n) is 19.2. The number of anilines is 1. The number of methoxy groups -OCH3 is 1. The van der Waals surface area contributed by atoms with Gasteiger partial charge in [-0.05, 0) is 69.5 Å². The molecular formula is C24H32N2O5. The van der Waals surface area contributed by atoms with Gasteiger partial charge in [0.2, 0.25) is 5.91 Å². The van der Waals surface area contributed by atoms with E-state index in [2.05, 4.69) is 5.32 Å². The number of carbonyl (C=O) groups is 2. The average Bonchev–Trinajstić information content (AvgIpc) is 2.67. The van der Waals surface area contributed by atoms with Gasteiger partial charge in [0.05, 0.1) is 7.11 Å². The van der Waals surface area contributed by atoms with E-state index in [1.54, 1.807) is 52.1 Å². The fraction of sp³-hybridized carbons (Fsp3) is 0.417. The molecule has 0 radical (unpaired) electrons. The number of carboxylic acid groups (broad SMARTS) is 1. The maximum Gasteiger partial charge on any atom is 0.408 e. The van der Waals surface area contributed by atoms with E-state index in [0.29, 0.717) is 17.2 Å². The van der Waals surface area contributed by atoms with E-state index in [9.17, 15) is 14.7 Å². The Morgan fingerprint density at radius 2 is 1.61 bits per heavy atom. The SMILES string of the molecule is COc1cc(Oc2ccc(NC(=O)[C@@H](C(C)C)N(C(=O)O)C(C)(C)C)cc2)ccc1C. The summed E-state index contributed by atoms with van der Waals surface area (Å²) in [6.45, 7) is 10.9. The van der Waals surface area contributed by atoms with Gasteiger partial charge in [0.25, 0.3) is 0 Å². The third-order valence-corrected chi connectivity index (χ3v) is 4.84. The second-order valence-corrected chi connectivity index (χ2v) is 8.76. The Bertz CT molecular complexity index is 917. The molecule has 31 heavy (non-hydrogen) atoms. The molecule has 7 nitrogen and oxygen atoms in total. The Balaban J connectivity index is 2.15. The summed E-state index contributed by atoms with van der Waals surface area (Å²) in [6, 6.07) is 11.7. The Hall–Kier alpha value is -3.22. The molecule has 0 aromatic heterocycles. The van der Waals surface area contributed by atoms with Crippen LogP contribution in [0.5, 0.6) is 17.2 Å². The summed E-state index contributed by atoms with van der Waals surface area (Å²) in [5.74, 6) is 1.41. The van der Waals surface area contributed by atoms with Crippen molar-refractivity contribution in [3.63, 3.8) is 0 Å². The quantitative estimate of drug-likeness (QED) is 0.605. The second kappa shape index (κ2) is 9.73. The molecule has 168 valence electrons. The van der Waals surface area contributed by atoms with Crippen molar-refractivity contribution >= 4 is 17.7 Å². The largest absolute Gasteiger partial charge is 0.496 e. The first-order valence-electron chi connectivity index (χ1n) is 10.2. The minimum atomic E-state index is -1.13. The summed E-state index contributed by atoms with van der Waals surface area (Å²) in [4.78, 5) is 26.0. The lowest BCUT2D eigenvalue weighted by atomic mass is 9.95. The lowest BCUT2D eigenvalue weighted by molar-refractivity contribution is -0.124. The summed E-state index contributed by atoms with van der Waals surface area (Å²) in [6.07, 6.45) is -1.13. The molecule has 7 heteroatoms. The lowest BCUT2D eigenvalue weighted by Crippen LogP contribution is -2.57. The van der Waals surface area contributed by atoms with Gasteiger partial charge >= 0.3 is 6.09 Å². The van der Waals surface area contributed by atoms with E-state index in [-0.39, 0.29) is 11.8 Å². The molecular weight excluding hydrogens is 396 g/mol. The van der Waals surface area contributed by atoms with E-state index in [1.807, 2.05) is 39.0 Å². The van der Waals surface area contributed by atoms with Crippen LogP contribution in [0.2, 0.25) is 0 Å². The van der Waals surface area contributed by atoms with Crippen molar-refractivity contribution in [1.82, 2.24) is 4.90 Å². The highest BCUT2D eigenvalue weighted by molar-refractivity contribution is 5.96. The Kier molecular flexibility index (Phi) is 7.55. The molecule has 0 saturated carbocycles. The van der Waals surface area contributed by atoms with Gasteiger partial charge < -0.3 is 19.9 Å². The van der Waals surface area contributed by atoms with Crippen LogP contribution in [-0.4, -0.2) is 40.7 Å². The maximum atomic E-state index is 13.0. The molecule has 0 unspecified atom stereocenters. The van der Waals surface area contributed by atoms with E-state index >= 15 is 0 Å². The van der Waals surface area contributed by atoms with Gasteiger partial charge in [0.15, 0.2) is 0 Å². The molecule has 2 N–H and O–H groups in total. The van der Waals surface area contributed by atoms with Gasteiger partial charge in [-0.25, -0.2) is 4.79 Å². The highest BCUT2D eigenvalue weighted by Crippen LogP contribution is 2.29. The molecule has 2 aromatic carbocycles. The standard InChI is InChI=1S/C24H32N2O5/c1-15(2)21(26(23(28)29)24(4,5)6)22(27)25-17-9-12-18(13-10-17)31-19-11-8-16(3)20(14-19)30-7/h8-15,21H,1-7H3,(H,25,27)(H,28,29)/t21-/m1/s1. The fourth-order valence-corrected chi connectivity index (χ4v) is 3.36. The number of rotatable bonds is 7. The molecule has 0 heterocycles. The highest BCUT2D eigenvalue weighted by atomic mass is 16.5. The molecule has 0 aliphatic heterocycles. The lowest BCUT2D eigenvalue weighted by Gasteiger charge is -2.40. The number of amides is 2. The fourth-order valence-electron chi connectivity index (χ4n) is 3.36.